The molecule has 1 saturated heterocycles. The van der Waals surface area contributed by atoms with E-state index < -0.39 is 5.54 Å². The minimum Gasteiger partial charge on any atom is -0.346 e. The SMILES string of the molecule is Cl.O=C(NC1(c2ccccc2F)CC1)C1CNC1. The molecule has 3 nitrogen and oxygen atoms in total. The summed E-state index contributed by atoms with van der Waals surface area (Å²) in [7, 11) is 0. The Morgan fingerprint density at radius 3 is 2.50 bits per heavy atom. The molecule has 1 heterocycles. The molecule has 1 aliphatic carbocycles. The molecule has 0 unspecified atom stereocenters. The molecule has 0 radical (unpaired) electrons. The average molecular weight is 271 g/mol. The van der Waals surface area contributed by atoms with Gasteiger partial charge in [-0.15, -0.1) is 12.4 Å². The monoisotopic (exact) mass is 270 g/mol. The van der Waals surface area contributed by atoms with Crippen molar-refractivity contribution < 1.29 is 9.18 Å². The first-order valence-electron chi connectivity index (χ1n) is 5.99. The topological polar surface area (TPSA) is 41.1 Å². The van der Waals surface area contributed by atoms with Crippen LogP contribution < -0.4 is 10.6 Å². The smallest absolute Gasteiger partial charge is 0.226 e. The fraction of sp³-hybridized carbons (Fsp3) is 0.462. The molecule has 1 amide bonds. The molecule has 5 heteroatoms. The van der Waals surface area contributed by atoms with E-state index in [1.54, 1.807) is 12.1 Å². The zero-order valence-electron chi connectivity index (χ0n) is 9.91. The van der Waals surface area contributed by atoms with Gasteiger partial charge in [0, 0.05) is 18.7 Å². The van der Waals surface area contributed by atoms with Crippen molar-refractivity contribution >= 4 is 18.3 Å². The number of hydrogen-bond donors (Lipinski definition) is 2. The van der Waals surface area contributed by atoms with Gasteiger partial charge in [0.05, 0.1) is 11.5 Å². The molecule has 3 rings (SSSR count). The average Bonchev–Trinajstić information content (AvgIpc) is 2.96. The molecular weight excluding hydrogens is 255 g/mol. The maximum Gasteiger partial charge on any atom is 0.226 e. The standard InChI is InChI=1S/C13H15FN2O.ClH/c14-11-4-2-1-3-10(11)13(5-6-13)16-12(17)9-7-15-8-9;/h1-4,9,15H,5-8H2,(H,16,17);1H. The molecular formula is C13H16ClFN2O. The number of nitrogens with one attached hydrogen (secondary N) is 2. The minimum atomic E-state index is -0.433. The summed E-state index contributed by atoms with van der Waals surface area (Å²) in [5, 5.41) is 6.07. The molecule has 0 aromatic heterocycles. The quantitative estimate of drug-likeness (QED) is 0.875. The van der Waals surface area contributed by atoms with Gasteiger partial charge >= 0.3 is 0 Å². The maximum absolute atomic E-state index is 13.7. The molecule has 2 fully saturated rings. The summed E-state index contributed by atoms with van der Waals surface area (Å²) in [6.45, 7) is 1.47. The van der Waals surface area contributed by atoms with Crippen LogP contribution in [-0.2, 0) is 10.3 Å². The molecule has 1 saturated carbocycles. The van der Waals surface area contributed by atoms with Crippen LogP contribution in [0.4, 0.5) is 4.39 Å². The highest BCUT2D eigenvalue weighted by Crippen LogP contribution is 2.46. The van der Waals surface area contributed by atoms with Gasteiger partial charge in [0.25, 0.3) is 0 Å². The van der Waals surface area contributed by atoms with E-state index in [2.05, 4.69) is 10.6 Å². The van der Waals surface area contributed by atoms with E-state index in [-0.39, 0.29) is 30.0 Å². The Hall–Kier alpha value is -1.13. The highest BCUT2D eigenvalue weighted by Gasteiger charge is 2.48. The van der Waals surface area contributed by atoms with Gasteiger partial charge in [-0.1, -0.05) is 18.2 Å². The van der Waals surface area contributed by atoms with Crippen LogP contribution in [0.5, 0.6) is 0 Å². The summed E-state index contributed by atoms with van der Waals surface area (Å²) < 4.78 is 13.7. The largest absolute Gasteiger partial charge is 0.346 e. The van der Waals surface area contributed by atoms with Gasteiger partial charge < -0.3 is 10.6 Å². The number of carbonyl (C=O) groups is 1. The third kappa shape index (κ3) is 2.22. The van der Waals surface area contributed by atoms with Crippen molar-refractivity contribution in [3.8, 4) is 0 Å². The summed E-state index contributed by atoms with van der Waals surface area (Å²) in [6.07, 6.45) is 1.67. The lowest BCUT2D eigenvalue weighted by atomic mass is 9.99. The first kappa shape index (κ1) is 13.3. The molecule has 0 bridgehead atoms. The van der Waals surface area contributed by atoms with Crippen LogP contribution in [0.2, 0.25) is 0 Å². The Morgan fingerprint density at radius 2 is 2.00 bits per heavy atom. The van der Waals surface area contributed by atoms with Crippen LogP contribution in [0.3, 0.4) is 0 Å². The summed E-state index contributed by atoms with van der Waals surface area (Å²) in [4.78, 5) is 11.9. The van der Waals surface area contributed by atoms with Crippen LogP contribution in [0, 0.1) is 11.7 Å². The van der Waals surface area contributed by atoms with Gasteiger partial charge in [0.1, 0.15) is 5.82 Å². The third-order valence-corrected chi connectivity index (χ3v) is 3.65. The normalized spacial score (nSPS) is 20.5. The van der Waals surface area contributed by atoms with Gasteiger partial charge in [0.2, 0.25) is 5.91 Å². The summed E-state index contributed by atoms with van der Waals surface area (Å²) in [5.74, 6) is -0.124. The molecule has 1 aromatic rings. The Labute approximate surface area is 112 Å². The van der Waals surface area contributed by atoms with Crippen molar-refractivity contribution in [2.24, 2.45) is 5.92 Å². The predicted molar refractivity (Wildman–Crippen MR) is 69.1 cm³/mol. The van der Waals surface area contributed by atoms with E-state index in [1.807, 2.05) is 6.07 Å². The van der Waals surface area contributed by atoms with Gasteiger partial charge in [-0.25, -0.2) is 4.39 Å². The summed E-state index contributed by atoms with van der Waals surface area (Å²) in [6, 6.07) is 6.70. The Morgan fingerprint density at radius 1 is 1.33 bits per heavy atom. The highest BCUT2D eigenvalue weighted by molar-refractivity contribution is 5.85. The second-order valence-corrected chi connectivity index (χ2v) is 4.91. The van der Waals surface area contributed by atoms with Crippen LogP contribution in [0.1, 0.15) is 18.4 Å². The molecule has 2 aliphatic rings. The van der Waals surface area contributed by atoms with Gasteiger partial charge in [-0.3, -0.25) is 4.79 Å². The van der Waals surface area contributed by atoms with Gasteiger partial charge in [-0.05, 0) is 18.9 Å². The van der Waals surface area contributed by atoms with E-state index >= 15 is 0 Å². The number of amides is 1. The van der Waals surface area contributed by atoms with Crippen LogP contribution in [-0.4, -0.2) is 19.0 Å². The van der Waals surface area contributed by atoms with Crippen LogP contribution in [0.15, 0.2) is 24.3 Å². The first-order valence-corrected chi connectivity index (χ1v) is 5.99. The summed E-state index contributed by atoms with van der Waals surface area (Å²) in [5.41, 5.74) is 0.193. The second-order valence-electron chi connectivity index (χ2n) is 4.91. The predicted octanol–water partition coefficient (Wildman–Crippen LogP) is 1.57. The van der Waals surface area contributed by atoms with Crippen molar-refractivity contribution in [2.75, 3.05) is 13.1 Å². The van der Waals surface area contributed by atoms with Crippen molar-refractivity contribution in [3.63, 3.8) is 0 Å². The summed E-state index contributed by atoms with van der Waals surface area (Å²) >= 11 is 0. The number of halogens is 2. The van der Waals surface area contributed by atoms with Crippen LogP contribution >= 0.6 is 12.4 Å². The van der Waals surface area contributed by atoms with Crippen molar-refractivity contribution in [3.05, 3.63) is 35.6 Å². The zero-order chi connectivity index (χ0) is 11.9. The Kier molecular flexibility index (Phi) is 3.59. The van der Waals surface area contributed by atoms with Gasteiger partial charge in [0.15, 0.2) is 0 Å². The third-order valence-electron chi connectivity index (χ3n) is 3.65. The lowest BCUT2D eigenvalue weighted by Gasteiger charge is -2.28. The van der Waals surface area contributed by atoms with E-state index in [4.69, 9.17) is 0 Å². The first-order chi connectivity index (χ1) is 8.21. The molecule has 1 aromatic carbocycles. The zero-order valence-corrected chi connectivity index (χ0v) is 10.7. The van der Waals surface area contributed by atoms with E-state index in [1.165, 1.54) is 6.07 Å². The number of benzene rings is 1. The van der Waals surface area contributed by atoms with Crippen molar-refractivity contribution in [2.45, 2.75) is 18.4 Å². The maximum atomic E-state index is 13.7. The van der Waals surface area contributed by atoms with E-state index in [9.17, 15) is 9.18 Å². The second kappa shape index (κ2) is 4.86. The fourth-order valence-corrected chi connectivity index (χ4v) is 2.25. The number of hydrogen-bond acceptors (Lipinski definition) is 2. The highest BCUT2D eigenvalue weighted by atomic mass is 35.5. The number of rotatable bonds is 3. The lowest BCUT2D eigenvalue weighted by molar-refractivity contribution is -0.127. The molecule has 0 spiro atoms. The van der Waals surface area contributed by atoms with Crippen molar-refractivity contribution in [1.82, 2.24) is 10.6 Å². The molecule has 18 heavy (non-hydrogen) atoms. The fourth-order valence-electron chi connectivity index (χ4n) is 2.25. The number of carbonyl (C=O) groups excluding carboxylic acids is 1. The molecule has 0 atom stereocenters. The molecule has 1 aliphatic heterocycles. The molecule has 2 N–H and O–H groups in total. The minimum absolute atomic E-state index is 0. The van der Waals surface area contributed by atoms with E-state index in [0.717, 1.165) is 25.9 Å². The Bertz CT molecular complexity index is 458. The van der Waals surface area contributed by atoms with Gasteiger partial charge in [-0.2, -0.15) is 0 Å². The lowest BCUT2D eigenvalue weighted by Crippen LogP contribution is -2.52. The van der Waals surface area contributed by atoms with E-state index in [0.29, 0.717) is 5.56 Å². The Balaban J connectivity index is 0.00000120. The molecule has 98 valence electrons. The van der Waals surface area contributed by atoms with Crippen molar-refractivity contribution in [1.29, 1.82) is 0 Å². The van der Waals surface area contributed by atoms with Crippen LogP contribution in [0.25, 0.3) is 0 Å².